The van der Waals surface area contributed by atoms with E-state index in [0.717, 1.165) is 25.9 Å². The van der Waals surface area contributed by atoms with Crippen LogP contribution in [-0.4, -0.2) is 24.0 Å². The number of H-pyrrole nitrogens is 1. The van der Waals surface area contributed by atoms with Gasteiger partial charge in [-0.05, 0) is 24.5 Å². The van der Waals surface area contributed by atoms with Gasteiger partial charge in [0.1, 0.15) is 0 Å². The van der Waals surface area contributed by atoms with Crippen LogP contribution in [0.2, 0.25) is 0 Å². The number of hydrogen-bond donors (Lipinski definition) is 3. The third kappa shape index (κ3) is 5.87. The van der Waals surface area contributed by atoms with Crippen LogP contribution in [0.15, 0.2) is 35.5 Å². The molecular weight excluding hydrogens is 387 g/mol. The van der Waals surface area contributed by atoms with Crippen molar-refractivity contribution in [3.05, 3.63) is 36.0 Å². The molecule has 0 radical (unpaired) electrons. The molecule has 4 nitrogen and oxygen atoms in total. The topological polar surface area (TPSA) is 66.2 Å². The molecule has 5 heteroatoms. The van der Waals surface area contributed by atoms with E-state index in [1.54, 1.807) is 0 Å². The largest absolute Gasteiger partial charge is 0.370 e. The maximum absolute atomic E-state index is 5.87. The summed E-state index contributed by atoms with van der Waals surface area (Å²) in [6, 6.07) is 8.36. The zero-order valence-corrected chi connectivity index (χ0v) is 15.6. The second-order valence-corrected chi connectivity index (χ2v) is 5.36. The van der Waals surface area contributed by atoms with Gasteiger partial charge in [0, 0.05) is 30.2 Å². The van der Waals surface area contributed by atoms with Crippen molar-refractivity contribution in [3.63, 3.8) is 0 Å². The number of nitrogens with two attached hydrogens (primary N) is 1. The van der Waals surface area contributed by atoms with E-state index in [9.17, 15) is 0 Å². The van der Waals surface area contributed by atoms with E-state index in [0.29, 0.717) is 5.96 Å². The van der Waals surface area contributed by atoms with Gasteiger partial charge in [0.05, 0.1) is 0 Å². The Morgan fingerprint density at radius 1 is 1.23 bits per heavy atom. The molecule has 1 heterocycles. The molecule has 0 aliphatic rings. The first kappa shape index (κ1) is 18.8. The van der Waals surface area contributed by atoms with Gasteiger partial charge in [-0.3, -0.25) is 4.99 Å². The number of halogens is 1. The molecule has 0 aliphatic heterocycles. The minimum absolute atomic E-state index is 0. The highest BCUT2D eigenvalue weighted by Crippen LogP contribution is 2.17. The molecule has 0 saturated carbocycles. The molecule has 0 bridgehead atoms. The molecule has 2 rings (SSSR count). The van der Waals surface area contributed by atoms with Crippen LogP contribution in [0.3, 0.4) is 0 Å². The number of guanidine groups is 1. The van der Waals surface area contributed by atoms with Crippen molar-refractivity contribution < 1.29 is 0 Å². The molecule has 22 heavy (non-hydrogen) atoms. The van der Waals surface area contributed by atoms with Crippen molar-refractivity contribution >= 4 is 40.8 Å². The van der Waals surface area contributed by atoms with Crippen LogP contribution in [0, 0.1) is 0 Å². The zero-order chi connectivity index (χ0) is 14.9. The highest BCUT2D eigenvalue weighted by molar-refractivity contribution is 14.0. The molecule has 0 atom stereocenters. The molecule has 4 N–H and O–H groups in total. The number of aliphatic imine (C=N–C) groups is 1. The fourth-order valence-electron chi connectivity index (χ4n) is 2.46. The van der Waals surface area contributed by atoms with Gasteiger partial charge in [-0.2, -0.15) is 0 Å². The van der Waals surface area contributed by atoms with E-state index in [-0.39, 0.29) is 24.0 Å². The lowest BCUT2D eigenvalue weighted by Crippen LogP contribution is -2.33. The van der Waals surface area contributed by atoms with Gasteiger partial charge >= 0.3 is 0 Å². The monoisotopic (exact) mass is 414 g/mol. The SMILES string of the molecule is CCCCCCN=C(N)NCCc1c[nH]c2ccccc12.I. The summed E-state index contributed by atoms with van der Waals surface area (Å²) in [5.74, 6) is 0.561. The van der Waals surface area contributed by atoms with Gasteiger partial charge in [0.25, 0.3) is 0 Å². The van der Waals surface area contributed by atoms with Crippen LogP contribution >= 0.6 is 24.0 Å². The molecule has 0 unspecified atom stereocenters. The molecule has 0 amide bonds. The van der Waals surface area contributed by atoms with Crippen molar-refractivity contribution in [2.45, 2.75) is 39.0 Å². The average molecular weight is 414 g/mol. The Balaban J connectivity index is 0.00000242. The Hall–Kier alpha value is -1.24. The number of para-hydroxylation sites is 1. The molecule has 0 spiro atoms. The normalized spacial score (nSPS) is 11.4. The number of aromatic nitrogens is 1. The van der Waals surface area contributed by atoms with Crippen LogP contribution in [0.4, 0.5) is 0 Å². The van der Waals surface area contributed by atoms with Crippen LogP contribution in [0.25, 0.3) is 10.9 Å². The second kappa shape index (κ2) is 10.5. The molecule has 2 aromatic rings. The van der Waals surface area contributed by atoms with Crippen LogP contribution in [0.5, 0.6) is 0 Å². The summed E-state index contributed by atoms with van der Waals surface area (Å²) in [4.78, 5) is 7.64. The molecule has 1 aromatic carbocycles. The quantitative estimate of drug-likeness (QED) is 0.266. The fraction of sp³-hybridized carbons (Fsp3) is 0.471. The Morgan fingerprint density at radius 3 is 2.86 bits per heavy atom. The number of fused-ring (bicyclic) bond motifs is 1. The van der Waals surface area contributed by atoms with E-state index in [2.05, 4.69) is 46.6 Å². The molecule has 0 fully saturated rings. The first-order chi connectivity index (χ1) is 10.3. The lowest BCUT2D eigenvalue weighted by atomic mass is 10.1. The first-order valence-corrected chi connectivity index (χ1v) is 7.90. The highest BCUT2D eigenvalue weighted by atomic mass is 127. The lowest BCUT2D eigenvalue weighted by Gasteiger charge is -2.05. The van der Waals surface area contributed by atoms with E-state index in [1.165, 1.54) is 35.7 Å². The second-order valence-electron chi connectivity index (χ2n) is 5.36. The molecular formula is C17H27IN4. The maximum atomic E-state index is 5.87. The zero-order valence-electron chi connectivity index (χ0n) is 13.3. The Labute approximate surface area is 150 Å². The molecule has 1 aromatic heterocycles. The van der Waals surface area contributed by atoms with Gasteiger partial charge in [0.15, 0.2) is 5.96 Å². The summed E-state index contributed by atoms with van der Waals surface area (Å²) in [6.45, 7) is 3.85. The molecule has 0 saturated heterocycles. The predicted molar refractivity (Wildman–Crippen MR) is 106 cm³/mol. The minimum atomic E-state index is 0. The molecule has 122 valence electrons. The third-order valence-corrected chi connectivity index (χ3v) is 3.67. The Morgan fingerprint density at radius 2 is 2.05 bits per heavy atom. The smallest absolute Gasteiger partial charge is 0.188 e. The number of hydrogen-bond acceptors (Lipinski definition) is 1. The van der Waals surface area contributed by atoms with E-state index >= 15 is 0 Å². The van der Waals surface area contributed by atoms with Crippen molar-refractivity contribution in [3.8, 4) is 0 Å². The van der Waals surface area contributed by atoms with Gasteiger partial charge in [-0.15, -0.1) is 24.0 Å². The fourth-order valence-corrected chi connectivity index (χ4v) is 2.46. The number of aromatic amines is 1. The van der Waals surface area contributed by atoms with Crippen LogP contribution in [-0.2, 0) is 6.42 Å². The number of rotatable bonds is 8. The maximum Gasteiger partial charge on any atom is 0.188 e. The Kier molecular flexibility index (Phi) is 8.96. The van der Waals surface area contributed by atoms with Crippen LogP contribution < -0.4 is 11.1 Å². The first-order valence-electron chi connectivity index (χ1n) is 7.90. The summed E-state index contributed by atoms with van der Waals surface area (Å²) < 4.78 is 0. The number of nitrogens with zero attached hydrogens (tertiary/aromatic N) is 1. The van der Waals surface area contributed by atoms with E-state index < -0.39 is 0 Å². The number of unbranched alkanes of at least 4 members (excludes halogenated alkanes) is 3. The predicted octanol–water partition coefficient (Wildman–Crippen LogP) is 3.81. The standard InChI is InChI=1S/C17H26N4.HI/c1-2-3-4-7-11-19-17(18)20-12-10-14-13-21-16-9-6-5-8-15(14)16;/h5-6,8-9,13,21H,2-4,7,10-12H2,1H3,(H3,18,19,20);1H. The van der Waals surface area contributed by atoms with Crippen molar-refractivity contribution in [1.29, 1.82) is 0 Å². The van der Waals surface area contributed by atoms with Gasteiger partial charge in [-0.25, -0.2) is 0 Å². The Bertz CT molecular complexity index is 577. The third-order valence-electron chi connectivity index (χ3n) is 3.67. The van der Waals surface area contributed by atoms with Gasteiger partial charge in [0.2, 0.25) is 0 Å². The highest BCUT2D eigenvalue weighted by Gasteiger charge is 2.02. The number of benzene rings is 1. The van der Waals surface area contributed by atoms with Gasteiger partial charge in [-0.1, -0.05) is 44.4 Å². The lowest BCUT2D eigenvalue weighted by molar-refractivity contribution is 0.673. The average Bonchev–Trinajstić information content (AvgIpc) is 2.91. The van der Waals surface area contributed by atoms with Crippen molar-refractivity contribution in [1.82, 2.24) is 10.3 Å². The summed E-state index contributed by atoms with van der Waals surface area (Å²) in [5, 5.41) is 4.48. The number of nitrogens with one attached hydrogen (secondary N) is 2. The van der Waals surface area contributed by atoms with E-state index in [4.69, 9.17) is 5.73 Å². The van der Waals surface area contributed by atoms with Gasteiger partial charge < -0.3 is 16.0 Å². The van der Waals surface area contributed by atoms with Crippen LogP contribution in [0.1, 0.15) is 38.2 Å². The van der Waals surface area contributed by atoms with Crippen molar-refractivity contribution in [2.24, 2.45) is 10.7 Å². The van der Waals surface area contributed by atoms with E-state index in [1.807, 2.05) is 6.07 Å². The summed E-state index contributed by atoms with van der Waals surface area (Å²) in [7, 11) is 0. The summed E-state index contributed by atoms with van der Waals surface area (Å²) in [6.07, 6.45) is 7.91. The molecule has 0 aliphatic carbocycles. The summed E-state index contributed by atoms with van der Waals surface area (Å²) in [5.41, 5.74) is 8.37. The minimum Gasteiger partial charge on any atom is -0.370 e. The van der Waals surface area contributed by atoms with Crippen molar-refractivity contribution in [2.75, 3.05) is 13.1 Å². The summed E-state index contributed by atoms with van der Waals surface area (Å²) >= 11 is 0.